The van der Waals surface area contributed by atoms with E-state index in [0.29, 0.717) is 6.42 Å². The highest BCUT2D eigenvalue weighted by Crippen LogP contribution is 2.20. The van der Waals surface area contributed by atoms with Crippen LogP contribution in [-0.2, 0) is 9.53 Å². The molecule has 1 rings (SSSR count). The third-order valence-electron chi connectivity index (χ3n) is 10.0. The van der Waals surface area contributed by atoms with E-state index in [0.717, 1.165) is 36.7 Å². The van der Waals surface area contributed by atoms with Crippen molar-refractivity contribution in [3.8, 4) is 0 Å². The zero-order valence-electron chi connectivity index (χ0n) is 31.9. The van der Waals surface area contributed by atoms with Gasteiger partial charge in [0.05, 0.1) is 33.1 Å². The molecule has 3 nitrogen and oxygen atoms in total. The van der Waals surface area contributed by atoms with Gasteiger partial charge < -0.3 is 9.22 Å². The van der Waals surface area contributed by atoms with Crippen LogP contribution in [0.4, 0.5) is 0 Å². The van der Waals surface area contributed by atoms with Crippen LogP contribution in [0.15, 0.2) is 48.6 Å². The molecule has 0 aliphatic carbocycles. The highest BCUT2D eigenvalue weighted by Gasteiger charge is 2.31. The van der Waals surface area contributed by atoms with Crippen LogP contribution in [0.25, 0.3) is 0 Å². The van der Waals surface area contributed by atoms with Gasteiger partial charge in [0.25, 0.3) is 0 Å². The van der Waals surface area contributed by atoms with E-state index in [2.05, 4.69) is 69.5 Å². The first-order valence-electron chi connectivity index (χ1n) is 20.7. The van der Waals surface area contributed by atoms with Gasteiger partial charge in [0.1, 0.15) is 6.10 Å². The minimum absolute atomic E-state index is 0.0429. The molecule has 272 valence electrons. The van der Waals surface area contributed by atoms with Crippen molar-refractivity contribution in [2.45, 2.75) is 200 Å². The molecule has 1 saturated heterocycles. The summed E-state index contributed by atoms with van der Waals surface area (Å²) in [6.07, 6.45) is 53.4. The Morgan fingerprint density at radius 1 is 0.553 bits per heavy atom. The summed E-state index contributed by atoms with van der Waals surface area (Å²) < 4.78 is 7.14. The van der Waals surface area contributed by atoms with Gasteiger partial charge >= 0.3 is 5.97 Å². The normalized spacial score (nSPS) is 14.8. The van der Waals surface area contributed by atoms with E-state index in [1.165, 1.54) is 161 Å². The standard InChI is InChI=1S/C44H80NO2/c1-4-6-8-10-12-14-16-18-20-22-24-26-28-30-32-34-37-43(47-44(46)39-42-45(3)40-36-41-45)38-35-33-31-29-27-25-23-21-19-17-15-13-11-9-7-5-2/h12-15,18-21,43H,4-11,16-17,22-42H2,1-3H3/q+1/b14-12-,15-13-,20-18-,21-19-. The monoisotopic (exact) mass is 655 g/mol. The largest absolute Gasteiger partial charge is 0.462 e. The van der Waals surface area contributed by atoms with Crippen LogP contribution in [0, 0.1) is 0 Å². The van der Waals surface area contributed by atoms with Crippen molar-refractivity contribution in [3.63, 3.8) is 0 Å². The number of hydrogen-bond donors (Lipinski definition) is 0. The number of hydrogen-bond acceptors (Lipinski definition) is 2. The molecule has 0 unspecified atom stereocenters. The molecule has 0 aromatic heterocycles. The van der Waals surface area contributed by atoms with E-state index >= 15 is 0 Å². The first-order chi connectivity index (χ1) is 23.1. The highest BCUT2D eigenvalue weighted by atomic mass is 16.5. The summed E-state index contributed by atoms with van der Waals surface area (Å²) >= 11 is 0. The predicted molar refractivity (Wildman–Crippen MR) is 208 cm³/mol. The Hall–Kier alpha value is -1.61. The molecule has 0 N–H and O–H groups in total. The Kier molecular flexibility index (Phi) is 30.4. The van der Waals surface area contributed by atoms with Crippen LogP contribution in [-0.4, -0.2) is 43.2 Å². The van der Waals surface area contributed by atoms with Crippen molar-refractivity contribution in [3.05, 3.63) is 48.6 Å². The van der Waals surface area contributed by atoms with Gasteiger partial charge in [-0.1, -0.05) is 140 Å². The number of quaternary nitrogens is 1. The van der Waals surface area contributed by atoms with Crippen molar-refractivity contribution in [2.75, 3.05) is 26.7 Å². The smallest absolute Gasteiger partial charge is 0.311 e. The van der Waals surface area contributed by atoms with E-state index in [9.17, 15) is 4.79 Å². The summed E-state index contributed by atoms with van der Waals surface area (Å²) in [4.78, 5) is 12.7. The molecule has 0 saturated carbocycles. The number of esters is 1. The minimum Gasteiger partial charge on any atom is -0.462 e. The third-order valence-corrected chi connectivity index (χ3v) is 10.0. The van der Waals surface area contributed by atoms with E-state index in [4.69, 9.17) is 4.74 Å². The third kappa shape index (κ3) is 29.1. The lowest BCUT2D eigenvalue weighted by atomic mass is 10.0. The molecular formula is C44H80NO2+. The number of rotatable bonds is 34. The summed E-state index contributed by atoms with van der Waals surface area (Å²) in [5, 5.41) is 0. The topological polar surface area (TPSA) is 26.3 Å². The first kappa shape index (κ1) is 43.4. The van der Waals surface area contributed by atoms with Gasteiger partial charge in [-0.15, -0.1) is 0 Å². The molecule has 0 spiro atoms. The molecule has 1 aliphatic heterocycles. The van der Waals surface area contributed by atoms with Crippen molar-refractivity contribution >= 4 is 5.97 Å². The Morgan fingerprint density at radius 3 is 1.32 bits per heavy atom. The van der Waals surface area contributed by atoms with E-state index < -0.39 is 0 Å². The Bertz CT molecular complexity index is 758. The molecule has 0 aromatic rings. The summed E-state index contributed by atoms with van der Waals surface area (Å²) in [6.45, 7) is 7.91. The SMILES string of the molecule is CCCCC/C=C\C/C=C\CCCCCCCCC(CCCCCCCC/C=C\C/C=C\CCCCC)OC(=O)CC[N+]1(C)CCC1. The number of likely N-dealkylation sites (tertiary alicyclic amines) is 1. The molecule has 1 fully saturated rings. The lowest BCUT2D eigenvalue weighted by Gasteiger charge is -2.41. The van der Waals surface area contributed by atoms with Crippen LogP contribution in [0.3, 0.4) is 0 Å². The molecule has 0 amide bonds. The van der Waals surface area contributed by atoms with Gasteiger partial charge in [-0.25, -0.2) is 0 Å². The fourth-order valence-corrected chi connectivity index (χ4v) is 6.51. The van der Waals surface area contributed by atoms with Crippen LogP contribution < -0.4 is 0 Å². The van der Waals surface area contributed by atoms with Gasteiger partial charge in [-0.2, -0.15) is 0 Å². The van der Waals surface area contributed by atoms with Crippen molar-refractivity contribution < 1.29 is 14.0 Å². The lowest BCUT2D eigenvalue weighted by molar-refractivity contribution is -0.945. The molecule has 1 aliphatic rings. The van der Waals surface area contributed by atoms with Gasteiger partial charge in [-0.3, -0.25) is 4.79 Å². The number of unbranched alkanes of at least 4 members (excludes halogenated alkanes) is 18. The van der Waals surface area contributed by atoms with Crippen molar-refractivity contribution in [1.82, 2.24) is 0 Å². The maximum atomic E-state index is 12.7. The highest BCUT2D eigenvalue weighted by molar-refractivity contribution is 5.69. The van der Waals surface area contributed by atoms with E-state index in [1.54, 1.807) is 0 Å². The summed E-state index contributed by atoms with van der Waals surface area (Å²) in [5.41, 5.74) is 0. The fourth-order valence-electron chi connectivity index (χ4n) is 6.51. The zero-order chi connectivity index (χ0) is 33.9. The lowest BCUT2D eigenvalue weighted by Crippen LogP contribution is -2.55. The molecule has 1 heterocycles. The first-order valence-corrected chi connectivity index (χ1v) is 20.7. The van der Waals surface area contributed by atoms with E-state index in [1.807, 2.05) is 0 Å². The van der Waals surface area contributed by atoms with E-state index in [-0.39, 0.29) is 12.1 Å². The van der Waals surface area contributed by atoms with Gasteiger partial charge in [-0.05, 0) is 89.9 Å². The summed E-state index contributed by atoms with van der Waals surface area (Å²) in [7, 11) is 2.28. The zero-order valence-corrected chi connectivity index (χ0v) is 31.9. The number of carbonyl (C=O) groups is 1. The van der Waals surface area contributed by atoms with Gasteiger partial charge in [0.15, 0.2) is 0 Å². The Balaban J connectivity index is 2.14. The molecule has 0 radical (unpaired) electrons. The summed E-state index contributed by atoms with van der Waals surface area (Å²) in [6, 6.07) is 0. The predicted octanol–water partition coefficient (Wildman–Crippen LogP) is 13.5. The van der Waals surface area contributed by atoms with Crippen LogP contribution >= 0.6 is 0 Å². The Labute approximate surface area is 294 Å². The molecule has 3 heteroatoms. The van der Waals surface area contributed by atoms with Crippen LogP contribution in [0.1, 0.15) is 194 Å². The summed E-state index contributed by atoms with van der Waals surface area (Å²) in [5.74, 6) is 0.0429. The molecule has 0 aromatic carbocycles. The second kappa shape index (κ2) is 32.9. The van der Waals surface area contributed by atoms with Gasteiger partial charge in [0, 0.05) is 6.42 Å². The van der Waals surface area contributed by atoms with Crippen molar-refractivity contribution in [1.29, 1.82) is 0 Å². The number of nitrogens with zero attached hydrogens (tertiary/aromatic N) is 1. The average molecular weight is 655 g/mol. The van der Waals surface area contributed by atoms with Crippen molar-refractivity contribution in [2.24, 2.45) is 0 Å². The number of allylic oxidation sites excluding steroid dienone is 8. The fraction of sp³-hybridized carbons (Fsp3) is 0.795. The average Bonchev–Trinajstić information content (AvgIpc) is 3.05. The van der Waals surface area contributed by atoms with Gasteiger partial charge in [0.2, 0.25) is 0 Å². The number of ether oxygens (including phenoxy) is 1. The molecule has 0 bridgehead atoms. The maximum absolute atomic E-state index is 12.7. The van der Waals surface area contributed by atoms with Crippen LogP contribution in [0.5, 0.6) is 0 Å². The Morgan fingerprint density at radius 2 is 0.936 bits per heavy atom. The number of carbonyl (C=O) groups excluding carboxylic acids is 1. The molecule has 0 atom stereocenters. The minimum atomic E-state index is 0.0429. The molecular weight excluding hydrogens is 574 g/mol. The van der Waals surface area contributed by atoms with Crippen LogP contribution in [0.2, 0.25) is 0 Å². The quantitative estimate of drug-likeness (QED) is 0.0299. The second-order valence-electron chi connectivity index (χ2n) is 14.8. The second-order valence-corrected chi connectivity index (χ2v) is 14.8. The molecule has 47 heavy (non-hydrogen) atoms. The maximum Gasteiger partial charge on any atom is 0.311 e.